The van der Waals surface area contributed by atoms with Gasteiger partial charge < -0.3 is 19.7 Å². The second kappa shape index (κ2) is 7.63. The van der Waals surface area contributed by atoms with Crippen LogP contribution in [0, 0.1) is 0 Å². The lowest BCUT2D eigenvalue weighted by atomic mass is 10.1. The van der Waals surface area contributed by atoms with Gasteiger partial charge in [-0.3, -0.25) is 9.69 Å². The predicted octanol–water partition coefficient (Wildman–Crippen LogP) is 1.61. The van der Waals surface area contributed by atoms with Crippen LogP contribution < -0.4 is 10.2 Å². The fourth-order valence-electron chi connectivity index (χ4n) is 3.83. The normalized spacial score (nSPS) is 19.3. The van der Waals surface area contributed by atoms with Crippen LogP contribution in [0.25, 0.3) is 11.1 Å². The summed E-state index contributed by atoms with van der Waals surface area (Å²) in [7, 11) is 0. The first-order valence-electron chi connectivity index (χ1n) is 9.52. The Morgan fingerprint density at radius 2 is 2.00 bits per heavy atom. The molecule has 1 aromatic heterocycles. The van der Waals surface area contributed by atoms with Gasteiger partial charge in [-0.2, -0.15) is 4.98 Å². The number of amides is 1. The van der Waals surface area contributed by atoms with Crippen molar-refractivity contribution in [2.45, 2.75) is 31.7 Å². The van der Waals surface area contributed by atoms with Crippen molar-refractivity contribution in [3.63, 3.8) is 0 Å². The van der Waals surface area contributed by atoms with Crippen molar-refractivity contribution in [3.05, 3.63) is 23.8 Å². The molecule has 2 aliphatic rings. The lowest BCUT2D eigenvalue weighted by molar-refractivity contribution is 0.0938. The molecule has 2 fully saturated rings. The summed E-state index contributed by atoms with van der Waals surface area (Å²) in [5, 5.41) is 12.2. The van der Waals surface area contributed by atoms with Crippen LogP contribution in [0.1, 0.15) is 36.0 Å². The highest BCUT2D eigenvalue weighted by Crippen LogP contribution is 2.24. The molecule has 1 aromatic carbocycles. The van der Waals surface area contributed by atoms with E-state index in [2.05, 4.69) is 20.1 Å². The first-order chi connectivity index (χ1) is 12.7. The highest BCUT2D eigenvalue weighted by atomic mass is 16.4. The summed E-state index contributed by atoms with van der Waals surface area (Å²) < 4.78 is 5.89. The van der Waals surface area contributed by atoms with Gasteiger partial charge in [0.05, 0.1) is 6.61 Å². The Bertz CT molecular complexity index is 761. The Labute approximate surface area is 153 Å². The summed E-state index contributed by atoms with van der Waals surface area (Å²) in [4.78, 5) is 21.4. The molecule has 0 radical (unpaired) electrons. The summed E-state index contributed by atoms with van der Waals surface area (Å²) in [6, 6.07) is 6.37. The lowest BCUT2D eigenvalue weighted by Crippen LogP contribution is -2.47. The van der Waals surface area contributed by atoms with E-state index in [0.29, 0.717) is 29.7 Å². The maximum Gasteiger partial charge on any atom is 0.298 e. The van der Waals surface area contributed by atoms with Crippen molar-refractivity contribution in [1.29, 1.82) is 0 Å². The molecule has 1 aliphatic carbocycles. The van der Waals surface area contributed by atoms with Gasteiger partial charge in [0.25, 0.3) is 11.9 Å². The zero-order valence-electron chi connectivity index (χ0n) is 15.0. The molecule has 26 heavy (non-hydrogen) atoms. The number of oxazole rings is 1. The van der Waals surface area contributed by atoms with Crippen molar-refractivity contribution in [2.75, 3.05) is 44.2 Å². The number of rotatable bonds is 5. The molecule has 4 rings (SSSR count). The van der Waals surface area contributed by atoms with Gasteiger partial charge >= 0.3 is 0 Å². The molecule has 0 unspecified atom stereocenters. The Hall–Kier alpha value is -2.12. The van der Waals surface area contributed by atoms with Gasteiger partial charge in [0.15, 0.2) is 5.58 Å². The molecular formula is C19H26N4O3. The molecule has 1 aliphatic heterocycles. The van der Waals surface area contributed by atoms with Crippen molar-refractivity contribution in [2.24, 2.45) is 0 Å². The van der Waals surface area contributed by atoms with Crippen LogP contribution in [-0.2, 0) is 0 Å². The Morgan fingerprint density at radius 1 is 1.23 bits per heavy atom. The standard InChI is InChI=1S/C19H26N4O3/c24-12-11-22-7-9-23(10-8-22)19-21-16-13-14(5-6-17(16)26-19)18(25)20-15-3-1-2-4-15/h5-6,13,15,24H,1-4,7-12H2,(H,20,25). The van der Waals surface area contributed by atoms with E-state index in [1.54, 1.807) is 6.07 Å². The third kappa shape index (κ3) is 3.68. The van der Waals surface area contributed by atoms with Crippen LogP contribution >= 0.6 is 0 Å². The number of piperazine rings is 1. The number of nitrogens with one attached hydrogen (secondary N) is 1. The number of aliphatic hydroxyl groups is 1. The van der Waals surface area contributed by atoms with Crippen LogP contribution in [-0.4, -0.2) is 66.3 Å². The number of carbonyl (C=O) groups excluding carboxylic acids is 1. The van der Waals surface area contributed by atoms with E-state index in [4.69, 9.17) is 9.52 Å². The first-order valence-corrected chi connectivity index (χ1v) is 9.52. The molecule has 2 heterocycles. The van der Waals surface area contributed by atoms with Crippen LogP contribution in [0.2, 0.25) is 0 Å². The second-order valence-electron chi connectivity index (χ2n) is 7.19. The number of aliphatic hydroxyl groups excluding tert-OH is 1. The summed E-state index contributed by atoms with van der Waals surface area (Å²) in [5.74, 6) is -0.0269. The SMILES string of the molecule is O=C(NC1CCCC1)c1ccc2oc(N3CCN(CCO)CC3)nc2c1. The van der Waals surface area contributed by atoms with E-state index < -0.39 is 0 Å². The molecule has 0 bridgehead atoms. The molecule has 140 valence electrons. The number of fused-ring (bicyclic) bond motifs is 1. The monoisotopic (exact) mass is 358 g/mol. The van der Waals surface area contributed by atoms with Gasteiger partial charge in [-0.05, 0) is 31.0 Å². The molecule has 7 nitrogen and oxygen atoms in total. The van der Waals surface area contributed by atoms with Gasteiger partial charge in [0.1, 0.15) is 5.52 Å². The second-order valence-corrected chi connectivity index (χ2v) is 7.19. The number of aromatic nitrogens is 1. The number of hydrogen-bond acceptors (Lipinski definition) is 6. The molecular weight excluding hydrogens is 332 g/mol. The summed E-state index contributed by atoms with van der Waals surface area (Å²) in [5.41, 5.74) is 2.06. The summed E-state index contributed by atoms with van der Waals surface area (Å²) in [6.07, 6.45) is 4.54. The minimum atomic E-state index is -0.0269. The van der Waals surface area contributed by atoms with Gasteiger partial charge in [-0.25, -0.2) is 0 Å². The largest absolute Gasteiger partial charge is 0.423 e. The van der Waals surface area contributed by atoms with Crippen LogP contribution in [0.15, 0.2) is 22.6 Å². The Balaban J connectivity index is 1.45. The fraction of sp³-hybridized carbons (Fsp3) is 0.579. The van der Waals surface area contributed by atoms with Crippen molar-refractivity contribution in [1.82, 2.24) is 15.2 Å². The average molecular weight is 358 g/mol. The summed E-state index contributed by atoms with van der Waals surface area (Å²) >= 11 is 0. The fourth-order valence-corrected chi connectivity index (χ4v) is 3.83. The van der Waals surface area contributed by atoms with Crippen LogP contribution in [0.3, 0.4) is 0 Å². The van der Waals surface area contributed by atoms with Crippen molar-refractivity contribution < 1.29 is 14.3 Å². The minimum absolute atomic E-state index is 0.0269. The Morgan fingerprint density at radius 3 is 2.73 bits per heavy atom. The van der Waals surface area contributed by atoms with E-state index in [1.165, 1.54) is 12.8 Å². The van der Waals surface area contributed by atoms with E-state index >= 15 is 0 Å². The molecule has 1 saturated carbocycles. The maximum absolute atomic E-state index is 12.4. The molecule has 2 aromatic rings. The van der Waals surface area contributed by atoms with E-state index in [-0.39, 0.29) is 12.5 Å². The van der Waals surface area contributed by atoms with E-state index in [0.717, 1.165) is 44.5 Å². The third-order valence-corrected chi connectivity index (χ3v) is 5.39. The average Bonchev–Trinajstić information content (AvgIpc) is 3.31. The summed E-state index contributed by atoms with van der Waals surface area (Å²) in [6.45, 7) is 4.31. The van der Waals surface area contributed by atoms with E-state index in [1.807, 2.05) is 12.1 Å². The number of benzene rings is 1. The number of hydrogen-bond donors (Lipinski definition) is 2. The van der Waals surface area contributed by atoms with Gasteiger partial charge in [-0.1, -0.05) is 12.8 Å². The lowest BCUT2D eigenvalue weighted by Gasteiger charge is -2.33. The Kier molecular flexibility index (Phi) is 5.08. The molecule has 2 N–H and O–H groups in total. The van der Waals surface area contributed by atoms with Gasteiger partial charge in [0.2, 0.25) is 0 Å². The first kappa shape index (κ1) is 17.3. The minimum Gasteiger partial charge on any atom is -0.423 e. The predicted molar refractivity (Wildman–Crippen MR) is 99.5 cm³/mol. The molecule has 0 spiro atoms. The zero-order valence-corrected chi connectivity index (χ0v) is 15.0. The highest BCUT2D eigenvalue weighted by molar-refractivity contribution is 5.97. The van der Waals surface area contributed by atoms with E-state index in [9.17, 15) is 4.79 Å². The molecule has 1 saturated heterocycles. The topological polar surface area (TPSA) is 81.8 Å². The molecule has 0 atom stereocenters. The molecule has 7 heteroatoms. The van der Waals surface area contributed by atoms with Crippen LogP contribution in [0.5, 0.6) is 0 Å². The number of β-amino-alcohol motifs (C(OH)–C–C–N with tert-alkyl or cyclic N) is 1. The van der Waals surface area contributed by atoms with Gasteiger partial charge in [-0.15, -0.1) is 0 Å². The highest BCUT2D eigenvalue weighted by Gasteiger charge is 2.22. The van der Waals surface area contributed by atoms with Crippen molar-refractivity contribution in [3.8, 4) is 0 Å². The number of carbonyl (C=O) groups is 1. The maximum atomic E-state index is 12.4. The molecule has 1 amide bonds. The third-order valence-electron chi connectivity index (χ3n) is 5.39. The van der Waals surface area contributed by atoms with Crippen molar-refractivity contribution >= 4 is 23.0 Å². The van der Waals surface area contributed by atoms with Crippen LogP contribution in [0.4, 0.5) is 6.01 Å². The van der Waals surface area contributed by atoms with Gasteiger partial charge in [0, 0.05) is 44.3 Å². The number of nitrogens with zero attached hydrogens (tertiary/aromatic N) is 3. The smallest absolute Gasteiger partial charge is 0.298 e. The zero-order chi connectivity index (χ0) is 17.9. The number of anilines is 1. The quantitative estimate of drug-likeness (QED) is 0.845.